The van der Waals surface area contributed by atoms with Crippen molar-refractivity contribution in [3.8, 4) is 11.5 Å². The monoisotopic (exact) mass is 404 g/mol. The third kappa shape index (κ3) is 4.72. The van der Waals surface area contributed by atoms with E-state index in [1.54, 1.807) is 0 Å². The molecule has 0 bridgehead atoms. The molecule has 0 atom stereocenters. The predicted octanol–water partition coefficient (Wildman–Crippen LogP) is 7.85. The molecule has 2 nitrogen and oxygen atoms in total. The highest BCUT2D eigenvalue weighted by Gasteiger charge is 2.14. The Kier molecular flexibility index (Phi) is 5.92. The minimum Gasteiger partial charge on any atom is -0.436 e. The third-order valence-corrected chi connectivity index (χ3v) is 5.85. The third-order valence-electron chi connectivity index (χ3n) is 4.12. The number of halogens is 1. The molecule has 0 N–H and O–H groups in total. The van der Waals surface area contributed by atoms with Gasteiger partial charge in [0.15, 0.2) is 0 Å². The van der Waals surface area contributed by atoms with Crippen molar-refractivity contribution in [2.45, 2.75) is 0 Å². The fourth-order valence-electron chi connectivity index (χ4n) is 2.75. The van der Waals surface area contributed by atoms with E-state index in [2.05, 4.69) is 24.3 Å². The molecule has 4 heteroatoms. The van der Waals surface area contributed by atoms with Crippen molar-refractivity contribution in [3.05, 3.63) is 115 Å². The molecule has 0 fully saturated rings. The van der Waals surface area contributed by atoms with E-state index in [0.717, 1.165) is 22.4 Å². The van der Waals surface area contributed by atoms with Crippen molar-refractivity contribution in [1.82, 2.24) is 0 Å². The summed E-state index contributed by atoms with van der Waals surface area (Å²) in [5.41, 5.74) is 0.932. The van der Waals surface area contributed by atoms with Crippen LogP contribution in [0.5, 0.6) is 11.5 Å². The molecule has 138 valence electrons. The van der Waals surface area contributed by atoms with Crippen LogP contribution in [0.15, 0.2) is 109 Å². The van der Waals surface area contributed by atoms with E-state index >= 15 is 0 Å². The van der Waals surface area contributed by atoms with Crippen molar-refractivity contribution in [2.24, 2.45) is 0 Å². The Balaban J connectivity index is 1.63. The van der Waals surface area contributed by atoms with Crippen LogP contribution in [0.3, 0.4) is 0 Å². The van der Waals surface area contributed by atoms with Gasteiger partial charge in [-0.1, -0.05) is 84.4 Å². The van der Waals surface area contributed by atoms with Crippen LogP contribution in [0.2, 0.25) is 0 Å². The van der Waals surface area contributed by atoms with E-state index < -0.39 is 8.38 Å². The molecule has 0 saturated carbocycles. The second-order valence-electron chi connectivity index (χ2n) is 6.13. The van der Waals surface area contributed by atoms with Gasteiger partial charge in [0.05, 0.1) is 5.03 Å². The molecule has 0 radical (unpaired) electrons. The molecule has 0 unspecified atom stereocenters. The number of benzene rings is 4. The van der Waals surface area contributed by atoms with Crippen LogP contribution >= 0.6 is 20.0 Å². The van der Waals surface area contributed by atoms with Gasteiger partial charge in [-0.3, -0.25) is 0 Å². The molecule has 4 rings (SSSR count). The van der Waals surface area contributed by atoms with Gasteiger partial charge in [0.25, 0.3) is 0 Å². The topological polar surface area (TPSA) is 18.5 Å². The lowest BCUT2D eigenvalue weighted by atomic mass is 10.1. The molecular formula is C24H18ClO2P. The van der Waals surface area contributed by atoms with Crippen molar-refractivity contribution in [2.75, 3.05) is 0 Å². The van der Waals surface area contributed by atoms with E-state index in [-0.39, 0.29) is 0 Å². The number of hydrogen-bond acceptors (Lipinski definition) is 2. The van der Waals surface area contributed by atoms with Crippen LogP contribution in [0.25, 0.3) is 15.8 Å². The smallest absolute Gasteiger partial charge is 0.319 e. The van der Waals surface area contributed by atoms with Crippen LogP contribution in [0, 0.1) is 0 Å². The highest BCUT2D eigenvalue weighted by Crippen LogP contribution is 2.44. The van der Waals surface area contributed by atoms with Gasteiger partial charge in [-0.05, 0) is 46.7 Å². The summed E-state index contributed by atoms with van der Waals surface area (Å²) in [6.07, 6.45) is 0. The van der Waals surface area contributed by atoms with Crippen LogP contribution in [-0.2, 0) is 0 Å². The van der Waals surface area contributed by atoms with Crippen LogP contribution in [-0.4, -0.2) is 0 Å². The van der Waals surface area contributed by atoms with E-state index in [0.29, 0.717) is 5.03 Å². The lowest BCUT2D eigenvalue weighted by Gasteiger charge is -2.16. The Labute approximate surface area is 170 Å². The summed E-state index contributed by atoms with van der Waals surface area (Å²) >= 11 is 6.65. The van der Waals surface area contributed by atoms with Gasteiger partial charge < -0.3 is 9.05 Å². The molecule has 0 heterocycles. The van der Waals surface area contributed by atoms with E-state index in [9.17, 15) is 0 Å². The maximum atomic E-state index is 6.65. The van der Waals surface area contributed by atoms with Crippen LogP contribution in [0.1, 0.15) is 5.56 Å². The van der Waals surface area contributed by atoms with Crippen molar-refractivity contribution in [1.29, 1.82) is 0 Å². The summed E-state index contributed by atoms with van der Waals surface area (Å²) in [7, 11) is -1.41. The zero-order chi connectivity index (χ0) is 19.2. The summed E-state index contributed by atoms with van der Waals surface area (Å²) in [6, 6.07) is 33.6. The largest absolute Gasteiger partial charge is 0.436 e. The van der Waals surface area contributed by atoms with Gasteiger partial charge in [0.2, 0.25) is 0 Å². The van der Waals surface area contributed by atoms with Gasteiger partial charge in [0, 0.05) is 5.82 Å². The summed E-state index contributed by atoms with van der Waals surface area (Å²) in [5.74, 6) is 3.33. The summed E-state index contributed by atoms with van der Waals surface area (Å²) in [6.45, 7) is 0. The fraction of sp³-hybridized carbons (Fsp3) is 0. The standard InChI is InChI=1S/C24H18ClO2P/c25-24(21-16-15-19-9-7-8-10-20(19)17-21)18-28(26-22-11-3-1-4-12-22)27-23-13-5-2-6-14-23/h1-18H. The Morgan fingerprint density at radius 3 is 1.79 bits per heavy atom. The Morgan fingerprint density at radius 2 is 1.18 bits per heavy atom. The number of fused-ring (bicyclic) bond motifs is 1. The van der Waals surface area contributed by atoms with Gasteiger partial charge in [-0.25, -0.2) is 0 Å². The van der Waals surface area contributed by atoms with E-state index in [1.807, 2.05) is 84.7 Å². The molecule has 0 saturated heterocycles. The molecule has 0 aromatic heterocycles. The summed E-state index contributed by atoms with van der Waals surface area (Å²) in [4.78, 5) is 0. The van der Waals surface area contributed by atoms with Crippen LogP contribution < -0.4 is 9.05 Å². The first-order chi connectivity index (χ1) is 13.8. The normalized spacial score (nSPS) is 11.6. The number of rotatable bonds is 6. The predicted molar refractivity (Wildman–Crippen MR) is 119 cm³/mol. The average molecular weight is 405 g/mol. The van der Waals surface area contributed by atoms with Crippen LogP contribution in [0.4, 0.5) is 0 Å². The first-order valence-corrected chi connectivity index (χ1v) is 10.5. The van der Waals surface area contributed by atoms with E-state index in [4.69, 9.17) is 20.6 Å². The first kappa shape index (κ1) is 18.6. The lowest BCUT2D eigenvalue weighted by Crippen LogP contribution is -1.94. The quantitative estimate of drug-likeness (QED) is 0.304. The second-order valence-corrected chi connectivity index (χ2v) is 7.73. The van der Waals surface area contributed by atoms with Crippen molar-refractivity contribution >= 4 is 35.8 Å². The molecule has 0 aliphatic carbocycles. The molecule has 0 aliphatic heterocycles. The molecule has 28 heavy (non-hydrogen) atoms. The van der Waals surface area contributed by atoms with Gasteiger partial charge in [-0.2, -0.15) is 0 Å². The van der Waals surface area contributed by atoms with Crippen molar-refractivity contribution in [3.63, 3.8) is 0 Å². The molecule has 0 amide bonds. The zero-order valence-corrected chi connectivity index (χ0v) is 16.7. The van der Waals surface area contributed by atoms with Gasteiger partial charge in [0.1, 0.15) is 11.5 Å². The minimum absolute atomic E-state index is 0.601. The fourth-order valence-corrected chi connectivity index (χ4v) is 4.24. The second kappa shape index (κ2) is 8.93. The van der Waals surface area contributed by atoms with Gasteiger partial charge in [-0.15, -0.1) is 0 Å². The Hall–Kier alpha value is -2.80. The molecule has 0 aliphatic rings. The average Bonchev–Trinajstić information content (AvgIpc) is 2.75. The zero-order valence-electron chi connectivity index (χ0n) is 15.0. The SMILES string of the molecule is ClC(=CP(Oc1ccccc1)Oc1ccccc1)c1ccc2ccccc2c1. The highest BCUT2D eigenvalue weighted by atomic mass is 35.5. The minimum atomic E-state index is -1.41. The first-order valence-electron chi connectivity index (χ1n) is 8.90. The van der Waals surface area contributed by atoms with E-state index in [1.165, 1.54) is 5.39 Å². The number of hydrogen-bond donors (Lipinski definition) is 0. The maximum Gasteiger partial charge on any atom is 0.319 e. The highest BCUT2D eigenvalue weighted by molar-refractivity contribution is 7.52. The molecule has 0 spiro atoms. The summed E-state index contributed by atoms with van der Waals surface area (Å²) in [5, 5.41) is 2.92. The Morgan fingerprint density at radius 1 is 0.643 bits per heavy atom. The summed E-state index contributed by atoms with van der Waals surface area (Å²) < 4.78 is 12.2. The maximum absolute atomic E-state index is 6.65. The van der Waals surface area contributed by atoms with Gasteiger partial charge >= 0.3 is 8.38 Å². The Bertz CT molecular complexity index is 1040. The molecule has 4 aromatic carbocycles. The van der Waals surface area contributed by atoms with Crippen molar-refractivity contribution < 1.29 is 9.05 Å². The lowest BCUT2D eigenvalue weighted by molar-refractivity contribution is 0.501. The molecule has 4 aromatic rings. The number of para-hydroxylation sites is 2. The molecular weight excluding hydrogens is 387 g/mol.